The summed E-state index contributed by atoms with van der Waals surface area (Å²) in [6.45, 7) is 5.71. The summed E-state index contributed by atoms with van der Waals surface area (Å²) in [5.41, 5.74) is 4.86. The van der Waals surface area contributed by atoms with Gasteiger partial charge in [-0.15, -0.1) is 0 Å². The summed E-state index contributed by atoms with van der Waals surface area (Å²) < 4.78 is 10.4. The molecule has 1 fully saturated rings. The number of aryl methyl sites for hydroxylation is 1. The van der Waals surface area contributed by atoms with E-state index in [0.717, 1.165) is 24.5 Å². The van der Waals surface area contributed by atoms with E-state index >= 15 is 0 Å². The van der Waals surface area contributed by atoms with E-state index in [1.54, 1.807) is 0 Å². The van der Waals surface area contributed by atoms with E-state index in [-0.39, 0.29) is 5.97 Å². The number of hydrogen-bond donors (Lipinski definition) is 1. The number of nitrogens with zero attached hydrogens (tertiary/aromatic N) is 1. The first-order valence-electron chi connectivity index (χ1n) is 8.52. The van der Waals surface area contributed by atoms with Gasteiger partial charge in [0.1, 0.15) is 0 Å². The molecule has 0 bridgehead atoms. The number of anilines is 2. The van der Waals surface area contributed by atoms with Crippen molar-refractivity contribution in [1.82, 2.24) is 0 Å². The molecule has 0 amide bonds. The second kappa shape index (κ2) is 8.03. The molecule has 5 heteroatoms. The minimum Gasteiger partial charge on any atom is -0.465 e. The summed E-state index contributed by atoms with van der Waals surface area (Å²) in [6.07, 6.45) is 0. The van der Waals surface area contributed by atoms with Gasteiger partial charge >= 0.3 is 5.97 Å². The Morgan fingerprint density at radius 1 is 1.20 bits per heavy atom. The third-order valence-corrected chi connectivity index (χ3v) is 4.50. The standard InChI is InChI=1S/C20H24N2O3/c1-15-5-3-4-6-16(15)14-21-17-7-8-19(18(13-17)20(23)24-2)22-9-11-25-12-10-22/h3-8,13,21H,9-12,14H2,1-2H3. The van der Waals surface area contributed by atoms with Crippen LogP contribution >= 0.6 is 0 Å². The van der Waals surface area contributed by atoms with Crippen molar-refractivity contribution >= 4 is 17.3 Å². The van der Waals surface area contributed by atoms with Crippen LogP contribution in [0.25, 0.3) is 0 Å². The highest BCUT2D eigenvalue weighted by molar-refractivity contribution is 5.97. The molecule has 3 rings (SSSR count). The zero-order valence-electron chi connectivity index (χ0n) is 14.7. The fourth-order valence-electron chi connectivity index (χ4n) is 3.01. The number of hydrogen-bond acceptors (Lipinski definition) is 5. The summed E-state index contributed by atoms with van der Waals surface area (Å²) in [7, 11) is 1.42. The quantitative estimate of drug-likeness (QED) is 0.847. The highest BCUT2D eigenvalue weighted by Gasteiger charge is 2.19. The Morgan fingerprint density at radius 2 is 1.96 bits per heavy atom. The zero-order chi connectivity index (χ0) is 17.6. The Morgan fingerprint density at radius 3 is 2.68 bits per heavy atom. The smallest absolute Gasteiger partial charge is 0.340 e. The van der Waals surface area contributed by atoms with Crippen LogP contribution in [-0.2, 0) is 16.0 Å². The highest BCUT2D eigenvalue weighted by atomic mass is 16.5. The second-order valence-corrected chi connectivity index (χ2v) is 6.10. The third-order valence-electron chi connectivity index (χ3n) is 4.50. The lowest BCUT2D eigenvalue weighted by Crippen LogP contribution is -2.37. The topological polar surface area (TPSA) is 50.8 Å². The first-order chi connectivity index (χ1) is 12.2. The first kappa shape index (κ1) is 17.3. The van der Waals surface area contributed by atoms with Gasteiger partial charge in [0.2, 0.25) is 0 Å². The summed E-state index contributed by atoms with van der Waals surface area (Å²) in [4.78, 5) is 14.4. The monoisotopic (exact) mass is 340 g/mol. The van der Waals surface area contributed by atoms with Crippen molar-refractivity contribution in [3.05, 3.63) is 59.2 Å². The van der Waals surface area contributed by atoms with E-state index in [4.69, 9.17) is 9.47 Å². The summed E-state index contributed by atoms with van der Waals surface area (Å²) in [6, 6.07) is 14.1. The average Bonchev–Trinajstić information content (AvgIpc) is 2.67. The maximum absolute atomic E-state index is 12.2. The molecular weight excluding hydrogens is 316 g/mol. The highest BCUT2D eigenvalue weighted by Crippen LogP contribution is 2.26. The first-order valence-corrected chi connectivity index (χ1v) is 8.52. The molecular formula is C20H24N2O3. The minimum atomic E-state index is -0.318. The number of carbonyl (C=O) groups excluding carboxylic acids is 1. The van der Waals surface area contributed by atoms with Crippen molar-refractivity contribution in [1.29, 1.82) is 0 Å². The van der Waals surface area contributed by atoms with Crippen molar-refractivity contribution < 1.29 is 14.3 Å². The van der Waals surface area contributed by atoms with Crippen LogP contribution in [0.1, 0.15) is 21.5 Å². The van der Waals surface area contributed by atoms with Gasteiger partial charge in [0.05, 0.1) is 31.6 Å². The summed E-state index contributed by atoms with van der Waals surface area (Å²) in [5, 5.41) is 3.40. The maximum atomic E-state index is 12.2. The number of methoxy groups -OCH3 is 1. The molecule has 5 nitrogen and oxygen atoms in total. The van der Waals surface area contributed by atoms with Crippen LogP contribution in [-0.4, -0.2) is 39.4 Å². The largest absolute Gasteiger partial charge is 0.465 e. The van der Waals surface area contributed by atoms with E-state index in [9.17, 15) is 4.79 Å². The molecule has 1 saturated heterocycles. The molecule has 0 aromatic heterocycles. The fraction of sp³-hybridized carbons (Fsp3) is 0.350. The Kier molecular flexibility index (Phi) is 5.56. The van der Waals surface area contributed by atoms with Crippen molar-refractivity contribution in [2.75, 3.05) is 43.6 Å². The van der Waals surface area contributed by atoms with Crippen molar-refractivity contribution in [2.24, 2.45) is 0 Å². The number of nitrogens with one attached hydrogen (secondary N) is 1. The fourth-order valence-corrected chi connectivity index (χ4v) is 3.01. The molecule has 1 aliphatic heterocycles. The molecule has 25 heavy (non-hydrogen) atoms. The Bertz CT molecular complexity index is 739. The second-order valence-electron chi connectivity index (χ2n) is 6.10. The van der Waals surface area contributed by atoms with E-state index in [2.05, 4.69) is 29.3 Å². The van der Waals surface area contributed by atoms with Crippen molar-refractivity contribution in [2.45, 2.75) is 13.5 Å². The van der Waals surface area contributed by atoms with Gasteiger partial charge in [-0.3, -0.25) is 0 Å². The summed E-state index contributed by atoms with van der Waals surface area (Å²) in [5.74, 6) is -0.318. The number of esters is 1. The molecule has 0 atom stereocenters. The summed E-state index contributed by atoms with van der Waals surface area (Å²) >= 11 is 0. The van der Waals surface area contributed by atoms with Crippen LogP contribution in [0.3, 0.4) is 0 Å². The Hall–Kier alpha value is -2.53. The predicted octanol–water partition coefficient (Wildman–Crippen LogP) is 3.23. The lowest BCUT2D eigenvalue weighted by Gasteiger charge is -2.30. The molecule has 1 heterocycles. The van der Waals surface area contributed by atoms with E-state index in [1.807, 2.05) is 30.3 Å². The number of morpholine rings is 1. The van der Waals surface area contributed by atoms with Gasteiger partial charge in [-0.1, -0.05) is 24.3 Å². The van der Waals surface area contributed by atoms with E-state index in [0.29, 0.717) is 25.3 Å². The van der Waals surface area contributed by atoms with E-state index in [1.165, 1.54) is 18.2 Å². The van der Waals surface area contributed by atoms with Gasteiger partial charge < -0.3 is 19.7 Å². The van der Waals surface area contributed by atoms with Gasteiger partial charge in [-0.2, -0.15) is 0 Å². The number of benzene rings is 2. The van der Waals surface area contributed by atoms with Gasteiger partial charge in [-0.05, 0) is 36.2 Å². The van der Waals surface area contributed by atoms with Crippen LogP contribution in [0.15, 0.2) is 42.5 Å². The Balaban J connectivity index is 1.81. The minimum absolute atomic E-state index is 0.318. The van der Waals surface area contributed by atoms with Crippen LogP contribution < -0.4 is 10.2 Å². The van der Waals surface area contributed by atoms with Gasteiger partial charge in [0, 0.05) is 25.3 Å². The zero-order valence-corrected chi connectivity index (χ0v) is 14.7. The average molecular weight is 340 g/mol. The van der Waals surface area contributed by atoms with Crippen LogP contribution in [0, 0.1) is 6.92 Å². The number of carbonyl (C=O) groups is 1. The predicted molar refractivity (Wildman–Crippen MR) is 99.3 cm³/mol. The number of rotatable bonds is 5. The molecule has 0 aliphatic carbocycles. The third kappa shape index (κ3) is 4.12. The van der Waals surface area contributed by atoms with Crippen molar-refractivity contribution in [3.8, 4) is 0 Å². The maximum Gasteiger partial charge on any atom is 0.340 e. The van der Waals surface area contributed by atoms with Crippen LogP contribution in [0.4, 0.5) is 11.4 Å². The van der Waals surface area contributed by atoms with Crippen LogP contribution in [0.5, 0.6) is 0 Å². The lowest BCUT2D eigenvalue weighted by atomic mass is 10.1. The van der Waals surface area contributed by atoms with Gasteiger partial charge in [-0.25, -0.2) is 4.79 Å². The lowest BCUT2D eigenvalue weighted by molar-refractivity contribution is 0.0600. The SMILES string of the molecule is COC(=O)c1cc(NCc2ccccc2C)ccc1N1CCOCC1. The van der Waals surface area contributed by atoms with E-state index < -0.39 is 0 Å². The molecule has 0 spiro atoms. The van der Waals surface area contributed by atoms with Gasteiger partial charge in [0.15, 0.2) is 0 Å². The van der Waals surface area contributed by atoms with Crippen LogP contribution in [0.2, 0.25) is 0 Å². The molecule has 2 aromatic carbocycles. The molecule has 0 radical (unpaired) electrons. The molecule has 2 aromatic rings. The molecule has 1 aliphatic rings. The number of ether oxygens (including phenoxy) is 2. The molecule has 1 N–H and O–H groups in total. The molecule has 0 saturated carbocycles. The molecule has 0 unspecified atom stereocenters. The normalized spacial score (nSPS) is 14.2. The Labute approximate surface area is 148 Å². The van der Waals surface area contributed by atoms with Crippen molar-refractivity contribution in [3.63, 3.8) is 0 Å². The molecule has 132 valence electrons. The van der Waals surface area contributed by atoms with Gasteiger partial charge in [0.25, 0.3) is 0 Å².